The van der Waals surface area contributed by atoms with Crippen LogP contribution < -0.4 is 0 Å². The minimum absolute atomic E-state index is 0.0417. The van der Waals surface area contributed by atoms with Gasteiger partial charge in [-0.2, -0.15) is 0 Å². The van der Waals surface area contributed by atoms with Crippen LogP contribution in [0, 0.1) is 5.82 Å². The number of rotatable bonds is 5. The molecule has 1 unspecified atom stereocenters. The molecule has 8 heteroatoms. The molecule has 1 fully saturated rings. The van der Waals surface area contributed by atoms with Gasteiger partial charge in [-0.25, -0.2) is 12.8 Å². The molecule has 1 aromatic carbocycles. The third-order valence-corrected chi connectivity index (χ3v) is 6.37. The van der Waals surface area contributed by atoms with Gasteiger partial charge in [-0.05, 0) is 30.7 Å². The van der Waals surface area contributed by atoms with Crippen molar-refractivity contribution in [1.82, 2.24) is 4.90 Å². The SMILES string of the molecule is O=C(Cc1c(F)cccc1Cl)N(Cc1ccco1)C1CCS(=O)(=O)C1. The number of benzene rings is 1. The molecule has 1 aliphatic heterocycles. The van der Waals surface area contributed by atoms with Gasteiger partial charge >= 0.3 is 0 Å². The van der Waals surface area contributed by atoms with Gasteiger partial charge in [-0.1, -0.05) is 17.7 Å². The summed E-state index contributed by atoms with van der Waals surface area (Å²) < 4.78 is 42.9. The monoisotopic (exact) mass is 385 g/mol. The third-order valence-electron chi connectivity index (χ3n) is 4.27. The van der Waals surface area contributed by atoms with E-state index in [1.54, 1.807) is 12.1 Å². The molecule has 0 radical (unpaired) electrons. The quantitative estimate of drug-likeness (QED) is 0.793. The van der Waals surface area contributed by atoms with Crippen LogP contribution in [0.1, 0.15) is 17.7 Å². The van der Waals surface area contributed by atoms with Crippen molar-refractivity contribution in [1.29, 1.82) is 0 Å². The zero-order chi connectivity index (χ0) is 18.0. The van der Waals surface area contributed by atoms with E-state index in [0.29, 0.717) is 12.2 Å². The first kappa shape index (κ1) is 17.9. The molecule has 2 heterocycles. The number of amides is 1. The van der Waals surface area contributed by atoms with Crippen LogP contribution in [0.5, 0.6) is 0 Å². The highest BCUT2D eigenvalue weighted by Gasteiger charge is 2.35. The molecule has 2 aromatic rings. The number of carbonyl (C=O) groups excluding carboxylic acids is 1. The van der Waals surface area contributed by atoms with Gasteiger partial charge in [0.25, 0.3) is 0 Å². The summed E-state index contributed by atoms with van der Waals surface area (Å²) in [5, 5.41) is 0.172. The Morgan fingerprint density at radius 3 is 2.72 bits per heavy atom. The maximum absolute atomic E-state index is 14.0. The number of halogens is 2. The number of carbonyl (C=O) groups is 1. The lowest BCUT2D eigenvalue weighted by Gasteiger charge is -2.27. The van der Waals surface area contributed by atoms with Crippen molar-refractivity contribution in [2.75, 3.05) is 11.5 Å². The van der Waals surface area contributed by atoms with Gasteiger partial charge in [0, 0.05) is 16.6 Å². The summed E-state index contributed by atoms with van der Waals surface area (Å²) in [5.74, 6) is -0.453. The van der Waals surface area contributed by atoms with Crippen molar-refractivity contribution in [3.8, 4) is 0 Å². The minimum atomic E-state index is -3.17. The fourth-order valence-electron chi connectivity index (χ4n) is 2.97. The summed E-state index contributed by atoms with van der Waals surface area (Å²) in [7, 11) is -3.17. The topological polar surface area (TPSA) is 67.6 Å². The average Bonchev–Trinajstić information content (AvgIpc) is 3.17. The first-order chi connectivity index (χ1) is 11.9. The maximum Gasteiger partial charge on any atom is 0.227 e. The first-order valence-corrected chi connectivity index (χ1v) is 10.0. The molecule has 1 aliphatic rings. The number of sulfone groups is 1. The minimum Gasteiger partial charge on any atom is -0.467 e. The fourth-order valence-corrected chi connectivity index (χ4v) is 4.93. The maximum atomic E-state index is 14.0. The second-order valence-electron chi connectivity index (χ2n) is 6.03. The molecule has 25 heavy (non-hydrogen) atoms. The Morgan fingerprint density at radius 2 is 2.12 bits per heavy atom. The first-order valence-electron chi connectivity index (χ1n) is 7.81. The van der Waals surface area contributed by atoms with Gasteiger partial charge < -0.3 is 9.32 Å². The number of furan rings is 1. The van der Waals surface area contributed by atoms with Crippen molar-refractivity contribution < 1.29 is 22.0 Å². The average molecular weight is 386 g/mol. The second-order valence-corrected chi connectivity index (χ2v) is 8.67. The molecule has 0 N–H and O–H groups in total. The Hall–Kier alpha value is -1.86. The van der Waals surface area contributed by atoms with Gasteiger partial charge in [0.1, 0.15) is 11.6 Å². The summed E-state index contributed by atoms with van der Waals surface area (Å²) in [5.41, 5.74) is 0.111. The molecule has 1 saturated heterocycles. The Labute approximate surface area is 150 Å². The highest BCUT2D eigenvalue weighted by atomic mass is 35.5. The molecular formula is C17H17ClFNO4S. The molecule has 0 saturated carbocycles. The number of nitrogens with zero attached hydrogens (tertiary/aromatic N) is 1. The smallest absolute Gasteiger partial charge is 0.227 e. The van der Waals surface area contributed by atoms with E-state index in [4.69, 9.17) is 16.0 Å². The molecule has 0 aliphatic carbocycles. The van der Waals surface area contributed by atoms with Crippen molar-refractivity contribution in [3.63, 3.8) is 0 Å². The van der Waals surface area contributed by atoms with Crippen LogP contribution in [-0.2, 0) is 27.6 Å². The molecule has 0 bridgehead atoms. The Balaban J connectivity index is 1.84. The van der Waals surface area contributed by atoms with Crippen LogP contribution in [0.4, 0.5) is 4.39 Å². The van der Waals surface area contributed by atoms with Crippen molar-refractivity contribution in [2.24, 2.45) is 0 Å². The van der Waals surface area contributed by atoms with Crippen molar-refractivity contribution >= 4 is 27.3 Å². The highest BCUT2D eigenvalue weighted by molar-refractivity contribution is 7.91. The molecular weight excluding hydrogens is 369 g/mol. The van der Waals surface area contributed by atoms with Crippen molar-refractivity contribution in [3.05, 3.63) is 58.8 Å². The van der Waals surface area contributed by atoms with Crippen LogP contribution in [0.25, 0.3) is 0 Å². The molecule has 5 nitrogen and oxygen atoms in total. The molecule has 0 spiro atoms. The van der Waals surface area contributed by atoms with Gasteiger partial charge in [-0.3, -0.25) is 4.79 Å². The summed E-state index contributed by atoms with van der Waals surface area (Å²) >= 11 is 6.00. The van der Waals surface area contributed by atoms with E-state index in [-0.39, 0.29) is 41.0 Å². The summed E-state index contributed by atoms with van der Waals surface area (Å²) in [6, 6.07) is 7.18. The van der Waals surface area contributed by atoms with Gasteiger partial charge in [-0.15, -0.1) is 0 Å². The second kappa shape index (κ2) is 7.17. The lowest BCUT2D eigenvalue weighted by atomic mass is 10.1. The zero-order valence-electron chi connectivity index (χ0n) is 13.3. The van der Waals surface area contributed by atoms with E-state index in [2.05, 4.69) is 0 Å². The fraction of sp³-hybridized carbons (Fsp3) is 0.353. The Bertz CT molecular complexity index is 847. The van der Waals surface area contributed by atoms with E-state index in [9.17, 15) is 17.6 Å². The Morgan fingerprint density at radius 1 is 1.32 bits per heavy atom. The highest BCUT2D eigenvalue weighted by Crippen LogP contribution is 2.24. The van der Waals surface area contributed by atoms with Crippen LogP contribution >= 0.6 is 11.6 Å². The molecule has 1 aromatic heterocycles. The standard InChI is InChI=1S/C17H17ClFNO4S/c18-15-4-1-5-16(19)14(15)9-17(21)20(10-13-3-2-7-24-13)12-6-8-25(22,23)11-12/h1-5,7,12H,6,8-11H2. The lowest BCUT2D eigenvalue weighted by Crippen LogP contribution is -2.41. The molecule has 1 amide bonds. The lowest BCUT2D eigenvalue weighted by molar-refractivity contribution is -0.133. The van der Waals surface area contributed by atoms with Crippen LogP contribution in [0.15, 0.2) is 41.0 Å². The third kappa shape index (κ3) is 4.22. The summed E-state index contributed by atoms with van der Waals surface area (Å²) in [6.07, 6.45) is 1.61. The molecule has 134 valence electrons. The Kier molecular flexibility index (Phi) is 5.15. The molecule has 1 atom stereocenters. The van der Waals surface area contributed by atoms with Crippen LogP contribution in [0.2, 0.25) is 5.02 Å². The zero-order valence-corrected chi connectivity index (χ0v) is 14.9. The van der Waals surface area contributed by atoms with Crippen molar-refractivity contribution in [2.45, 2.75) is 25.4 Å². The van der Waals surface area contributed by atoms with Gasteiger partial charge in [0.2, 0.25) is 5.91 Å². The van der Waals surface area contributed by atoms with E-state index in [1.807, 2.05) is 0 Å². The van der Waals surface area contributed by atoms with E-state index < -0.39 is 21.7 Å². The van der Waals surface area contributed by atoms with Crippen LogP contribution in [-0.4, -0.2) is 36.8 Å². The van der Waals surface area contributed by atoms with Crippen LogP contribution in [0.3, 0.4) is 0 Å². The predicted molar refractivity (Wildman–Crippen MR) is 91.4 cm³/mol. The van der Waals surface area contributed by atoms with E-state index in [0.717, 1.165) is 0 Å². The van der Waals surface area contributed by atoms with E-state index >= 15 is 0 Å². The summed E-state index contributed by atoms with van der Waals surface area (Å²) in [6.45, 7) is 0.137. The molecule has 3 rings (SSSR count). The van der Waals surface area contributed by atoms with E-state index in [1.165, 1.54) is 29.4 Å². The summed E-state index contributed by atoms with van der Waals surface area (Å²) in [4.78, 5) is 14.3. The predicted octanol–water partition coefficient (Wildman–Crippen LogP) is 2.83. The number of hydrogen-bond acceptors (Lipinski definition) is 4. The number of hydrogen-bond donors (Lipinski definition) is 0. The largest absolute Gasteiger partial charge is 0.467 e. The normalized spacial score (nSPS) is 19.0. The van der Waals surface area contributed by atoms with Gasteiger partial charge in [0.05, 0.1) is 30.7 Å². The van der Waals surface area contributed by atoms with Gasteiger partial charge in [0.15, 0.2) is 9.84 Å².